The Kier molecular flexibility index (Phi) is 5.00. The van der Waals surface area contributed by atoms with E-state index in [1.54, 1.807) is 6.20 Å². The van der Waals surface area contributed by atoms with E-state index in [4.69, 9.17) is 4.74 Å². The van der Waals surface area contributed by atoms with Gasteiger partial charge in [0.1, 0.15) is 12.8 Å². The van der Waals surface area contributed by atoms with E-state index in [0.717, 1.165) is 22.6 Å². The van der Waals surface area contributed by atoms with Crippen LogP contribution in [0.25, 0.3) is 33.5 Å². The van der Waals surface area contributed by atoms with E-state index in [0.29, 0.717) is 5.88 Å². The number of hydrogen-bond donors (Lipinski definition) is 0. The number of hydrogen-bond acceptors (Lipinski definition) is 2. The lowest BCUT2D eigenvalue weighted by atomic mass is 9.81. The number of pyridine rings is 2. The Bertz CT molecular complexity index is 1550. The lowest BCUT2D eigenvalue weighted by Crippen LogP contribution is -2.29. The second kappa shape index (κ2) is 8.21. The third-order valence-electron chi connectivity index (χ3n) is 7.03. The van der Waals surface area contributed by atoms with Crippen molar-refractivity contribution in [3.05, 3.63) is 121 Å². The fourth-order valence-electron chi connectivity index (χ4n) is 5.21. The average molecular weight is 456 g/mol. The van der Waals surface area contributed by atoms with Gasteiger partial charge in [-0.3, -0.25) is 0 Å². The van der Waals surface area contributed by atoms with Crippen LogP contribution in [0, 0.1) is 0 Å². The van der Waals surface area contributed by atoms with Gasteiger partial charge in [0.2, 0.25) is 11.6 Å². The second-order valence-corrected chi connectivity index (χ2v) is 9.64. The molecule has 0 saturated carbocycles. The molecule has 0 saturated heterocycles. The molecular weight excluding hydrogens is 428 g/mol. The topological polar surface area (TPSA) is 26.0 Å². The van der Waals surface area contributed by atoms with Crippen LogP contribution in [0.2, 0.25) is 0 Å². The molecule has 0 bridgehead atoms. The largest absolute Gasteiger partial charge is 0.439 e. The van der Waals surface area contributed by atoms with Gasteiger partial charge >= 0.3 is 0 Å². The van der Waals surface area contributed by atoms with E-state index >= 15 is 0 Å². The van der Waals surface area contributed by atoms with Crippen LogP contribution in [0.15, 0.2) is 109 Å². The number of benzene rings is 3. The Morgan fingerprint density at radius 3 is 2.29 bits per heavy atom. The van der Waals surface area contributed by atoms with Crippen LogP contribution in [0.3, 0.4) is 0 Å². The molecule has 0 N–H and O–H groups in total. The molecule has 5 aromatic rings. The van der Waals surface area contributed by atoms with Crippen molar-refractivity contribution < 1.29 is 9.30 Å². The van der Waals surface area contributed by atoms with Gasteiger partial charge < -0.3 is 4.74 Å². The summed E-state index contributed by atoms with van der Waals surface area (Å²) in [4.78, 5) is 4.36. The van der Waals surface area contributed by atoms with Crippen LogP contribution in [0.4, 0.5) is 0 Å². The first-order valence-corrected chi connectivity index (χ1v) is 11.9. The maximum atomic E-state index is 6.21. The fourth-order valence-corrected chi connectivity index (χ4v) is 5.21. The molecule has 0 unspecified atom stereocenters. The first-order chi connectivity index (χ1) is 17.0. The summed E-state index contributed by atoms with van der Waals surface area (Å²) in [7, 11) is 2.07. The highest BCUT2D eigenvalue weighted by atomic mass is 16.5. The molecule has 0 aliphatic heterocycles. The van der Waals surface area contributed by atoms with Crippen molar-refractivity contribution in [2.75, 3.05) is 0 Å². The molecule has 0 fully saturated rings. The van der Waals surface area contributed by atoms with E-state index in [9.17, 15) is 0 Å². The Morgan fingerprint density at radius 2 is 1.46 bits per heavy atom. The normalized spacial score (nSPS) is 13.2. The van der Waals surface area contributed by atoms with Gasteiger partial charge in [0.05, 0.1) is 5.56 Å². The van der Waals surface area contributed by atoms with Crippen LogP contribution >= 0.6 is 0 Å². The van der Waals surface area contributed by atoms with Crippen molar-refractivity contribution in [2.24, 2.45) is 7.05 Å². The van der Waals surface area contributed by atoms with Gasteiger partial charge in [-0.25, -0.2) is 9.55 Å². The quantitative estimate of drug-likeness (QED) is 0.265. The highest BCUT2D eigenvalue weighted by Gasteiger charge is 2.35. The van der Waals surface area contributed by atoms with Crippen LogP contribution in [-0.4, -0.2) is 4.98 Å². The Labute approximate surface area is 206 Å². The van der Waals surface area contributed by atoms with Crippen molar-refractivity contribution in [3.8, 4) is 45.1 Å². The first kappa shape index (κ1) is 21.3. The number of ether oxygens (including phenoxy) is 1. The third-order valence-corrected chi connectivity index (χ3v) is 7.03. The minimum absolute atomic E-state index is 0.0430. The molecule has 2 aromatic heterocycles. The van der Waals surface area contributed by atoms with E-state index in [1.807, 2.05) is 24.3 Å². The summed E-state index contributed by atoms with van der Waals surface area (Å²) >= 11 is 0. The molecule has 3 nitrogen and oxygen atoms in total. The van der Waals surface area contributed by atoms with E-state index in [1.165, 1.54) is 27.8 Å². The summed E-state index contributed by atoms with van der Waals surface area (Å²) in [6, 6.07) is 34.0. The maximum Gasteiger partial charge on any atom is 0.219 e. The van der Waals surface area contributed by atoms with Crippen LogP contribution < -0.4 is 9.30 Å². The van der Waals surface area contributed by atoms with Crippen LogP contribution in [-0.2, 0) is 12.5 Å². The molecule has 170 valence electrons. The molecule has 1 aliphatic carbocycles. The van der Waals surface area contributed by atoms with Gasteiger partial charge in [0, 0.05) is 29.8 Å². The molecular formula is C32H27N2O+. The minimum atomic E-state index is -0.0430. The summed E-state index contributed by atoms with van der Waals surface area (Å²) in [6.45, 7) is 4.63. The van der Waals surface area contributed by atoms with Gasteiger partial charge in [-0.1, -0.05) is 56.3 Å². The molecule has 3 aromatic carbocycles. The van der Waals surface area contributed by atoms with Crippen molar-refractivity contribution >= 4 is 0 Å². The zero-order valence-electron chi connectivity index (χ0n) is 20.2. The molecule has 0 amide bonds. The zero-order chi connectivity index (χ0) is 24.0. The molecule has 0 spiro atoms. The first-order valence-electron chi connectivity index (χ1n) is 11.9. The number of aryl methyl sites for hydroxylation is 1. The van der Waals surface area contributed by atoms with E-state index in [-0.39, 0.29) is 5.41 Å². The highest BCUT2D eigenvalue weighted by Crippen LogP contribution is 2.49. The highest BCUT2D eigenvalue weighted by molar-refractivity contribution is 5.84. The monoisotopic (exact) mass is 455 g/mol. The molecule has 6 rings (SSSR count). The second-order valence-electron chi connectivity index (χ2n) is 9.64. The third kappa shape index (κ3) is 3.70. The standard InChI is InChI=1S/C32H27N2O/c1-32(2)28-11-5-4-10-26(28)27-15-14-22(21-29(27)32)23-18-24(30-12-7-9-17-34(30)3)20-25(19-23)35-31-13-6-8-16-33-31/h4-21H,1-3H3/q+1. The van der Waals surface area contributed by atoms with Crippen molar-refractivity contribution in [1.29, 1.82) is 0 Å². The van der Waals surface area contributed by atoms with Gasteiger partial charge in [0.15, 0.2) is 6.20 Å². The van der Waals surface area contributed by atoms with Crippen molar-refractivity contribution in [3.63, 3.8) is 0 Å². The molecule has 1 aliphatic rings. The van der Waals surface area contributed by atoms with Crippen molar-refractivity contribution in [2.45, 2.75) is 19.3 Å². The predicted molar refractivity (Wildman–Crippen MR) is 140 cm³/mol. The zero-order valence-corrected chi connectivity index (χ0v) is 20.2. The Balaban J connectivity index is 1.50. The van der Waals surface area contributed by atoms with Crippen LogP contribution in [0.1, 0.15) is 25.0 Å². The molecule has 0 radical (unpaired) electrons. The molecule has 0 atom stereocenters. The minimum Gasteiger partial charge on any atom is -0.439 e. The number of aromatic nitrogens is 2. The summed E-state index contributed by atoms with van der Waals surface area (Å²) in [6.07, 6.45) is 3.81. The number of fused-ring (bicyclic) bond motifs is 3. The van der Waals surface area contributed by atoms with E-state index in [2.05, 4.69) is 109 Å². The van der Waals surface area contributed by atoms with Gasteiger partial charge in [-0.15, -0.1) is 0 Å². The van der Waals surface area contributed by atoms with Gasteiger partial charge in [-0.05, 0) is 69.8 Å². The molecule has 2 heterocycles. The maximum absolute atomic E-state index is 6.21. The lowest BCUT2D eigenvalue weighted by Gasteiger charge is -2.22. The number of nitrogens with zero attached hydrogens (tertiary/aromatic N) is 2. The summed E-state index contributed by atoms with van der Waals surface area (Å²) in [5.41, 5.74) is 9.87. The summed E-state index contributed by atoms with van der Waals surface area (Å²) < 4.78 is 8.34. The Hall–Kier alpha value is -4.24. The lowest BCUT2D eigenvalue weighted by molar-refractivity contribution is -0.660. The van der Waals surface area contributed by atoms with Crippen LogP contribution in [0.5, 0.6) is 11.6 Å². The predicted octanol–water partition coefficient (Wildman–Crippen LogP) is 7.34. The average Bonchev–Trinajstić information content (AvgIpc) is 3.11. The molecule has 35 heavy (non-hydrogen) atoms. The van der Waals surface area contributed by atoms with Gasteiger partial charge in [0.25, 0.3) is 0 Å². The van der Waals surface area contributed by atoms with Crippen molar-refractivity contribution in [1.82, 2.24) is 4.98 Å². The Morgan fingerprint density at radius 1 is 0.686 bits per heavy atom. The SMILES string of the molecule is C[n+]1ccccc1-c1cc(Oc2ccccn2)cc(-c2ccc3c(c2)C(C)(C)c2ccccc2-3)c1. The smallest absolute Gasteiger partial charge is 0.219 e. The fraction of sp³-hybridized carbons (Fsp3) is 0.125. The van der Waals surface area contributed by atoms with E-state index < -0.39 is 0 Å². The molecule has 3 heteroatoms. The number of rotatable bonds is 4. The van der Waals surface area contributed by atoms with Gasteiger partial charge in [-0.2, -0.15) is 0 Å². The summed E-state index contributed by atoms with van der Waals surface area (Å²) in [5.74, 6) is 1.35. The summed E-state index contributed by atoms with van der Waals surface area (Å²) in [5, 5.41) is 0.